The molecule has 3 rings (SSSR count). The third-order valence-corrected chi connectivity index (χ3v) is 4.95. The predicted molar refractivity (Wildman–Crippen MR) is 120 cm³/mol. The van der Waals surface area contributed by atoms with E-state index in [0.717, 1.165) is 29.8 Å². The van der Waals surface area contributed by atoms with Crippen molar-refractivity contribution >= 4 is 11.1 Å². The van der Waals surface area contributed by atoms with Crippen LogP contribution in [0.15, 0.2) is 78.9 Å². The average Bonchev–Trinajstić information content (AvgIpc) is 2.74. The van der Waals surface area contributed by atoms with Crippen LogP contribution in [0.25, 0.3) is 11.1 Å². The number of quaternary nitrogens is 1. The second-order valence-electron chi connectivity index (χ2n) is 7.45. The van der Waals surface area contributed by atoms with Gasteiger partial charge in [0, 0.05) is 0 Å². The molecule has 0 bridgehead atoms. The van der Waals surface area contributed by atoms with Gasteiger partial charge in [-0.3, -0.25) is 0 Å². The molecule has 150 valence electrons. The van der Waals surface area contributed by atoms with E-state index in [1.165, 1.54) is 21.6 Å². The Bertz CT molecular complexity index is 927. The van der Waals surface area contributed by atoms with Crippen LogP contribution in [-0.4, -0.2) is 32.4 Å². The van der Waals surface area contributed by atoms with Crippen LogP contribution in [0, 0.1) is 0 Å². The molecule has 0 unspecified atom stereocenters. The zero-order chi connectivity index (χ0) is 20.6. The molecule has 0 radical (unpaired) electrons. The molecule has 2 N–H and O–H groups in total. The third kappa shape index (κ3) is 5.49. The van der Waals surface area contributed by atoms with Gasteiger partial charge < -0.3 is 14.7 Å². The maximum Gasteiger partial charge on any atom is 0.137 e. The lowest BCUT2D eigenvalue weighted by molar-refractivity contribution is -0.858. The summed E-state index contributed by atoms with van der Waals surface area (Å²) in [7, 11) is 4.24. The van der Waals surface area contributed by atoms with Crippen molar-refractivity contribution in [2.45, 2.75) is 13.3 Å². The van der Waals surface area contributed by atoms with E-state index >= 15 is 0 Å². The van der Waals surface area contributed by atoms with Gasteiger partial charge in [0.05, 0.1) is 14.1 Å². The summed E-state index contributed by atoms with van der Waals surface area (Å²) in [5.74, 6) is 1.16. The first-order valence-electron chi connectivity index (χ1n) is 10.2. The zero-order valence-corrected chi connectivity index (χ0v) is 17.5. The summed E-state index contributed by atoms with van der Waals surface area (Å²) >= 11 is 0. The Morgan fingerprint density at radius 1 is 0.793 bits per heavy atom. The molecule has 3 heteroatoms. The maximum atomic E-state index is 9.75. The SMILES string of the molecule is CC/C(=C(\c1ccc(O)cc1)c1ccc(OCC[NH+](C)C)cc1)c1ccccc1. The van der Waals surface area contributed by atoms with E-state index in [9.17, 15) is 5.11 Å². The van der Waals surface area contributed by atoms with E-state index in [0.29, 0.717) is 6.61 Å². The van der Waals surface area contributed by atoms with Crippen LogP contribution in [-0.2, 0) is 0 Å². The average molecular weight is 389 g/mol. The minimum atomic E-state index is 0.276. The Kier molecular flexibility index (Phi) is 7.09. The largest absolute Gasteiger partial charge is 0.508 e. The second kappa shape index (κ2) is 9.94. The van der Waals surface area contributed by atoms with Gasteiger partial charge in [0.25, 0.3) is 0 Å². The highest BCUT2D eigenvalue weighted by atomic mass is 16.5. The fourth-order valence-corrected chi connectivity index (χ4v) is 3.40. The van der Waals surface area contributed by atoms with Gasteiger partial charge in [-0.2, -0.15) is 0 Å². The standard InChI is InChI=1S/C26H29NO2/c1-4-25(20-8-6-5-7-9-20)26(21-10-14-23(28)15-11-21)22-12-16-24(17-13-22)29-19-18-27(2)3/h5-17,28H,4,18-19H2,1-3H3/p+1/b26-25-. The minimum absolute atomic E-state index is 0.276. The number of aromatic hydroxyl groups is 1. The lowest BCUT2D eigenvalue weighted by Crippen LogP contribution is -3.06. The molecule has 0 saturated heterocycles. The van der Waals surface area contributed by atoms with Crippen LogP contribution in [0.2, 0.25) is 0 Å². The highest BCUT2D eigenvalue weighted by Crippen LogP contribution is 2.35. The molecular weight excluding hydrogens is 358 g/mol. The van der Waals surface area contributed by atoms with Gasteiger partial charge in [0.15, 0.2) is 0 Å². The summed E-state index contributed by atoms with van der Waals surface area (Å²) in [6, 6.07) is 26.3. The van der Waals surface area contributed by atoms with Gasteiger partial charge in [0.2, 0.25) is 0 Å². The monoisotopic (exact) mass is 388 g/mol. The quantitative estimate of drug-likeness (QED) is 0.565. The molecule has 0 aliphatic carbocycles. The van der Waals surface area contributed by atoms with Gasteiger partial charge in [-0.25, -0.2) is 0 Å². The number of rotatable bonds is 8. The van der Waals surface area contributed by atoms with E-state index in [4.69, 9.17) is 4.74 Å². The molecule has 3 aromatic rings. The maximum absolute atomic E-state index is 9.75. The lowest BCUT2D eigenvalue weighted by atomic mass is 9.88. The van der Waals surface area contributed by atoms with E-state index in [-0.39, 0.29) is 5.75 Å². The van der Waals surface area contributed by atoms with Crippen molar-refractivity contribution in [2.75, 3.05) is 27.2 Å². The van der Waals surface area contributed by atoms with Gasteiger partial charge >= 0.3 is 0 Å². The fourth-order valence-electron chi connectivity index (χ4n) is 3.40. The highest BCUT2D eigenvalue weighted by Gasteiger charge is 2.13. The Balaban J connectivity index is 2.02. The number of phenols is 1. The first-order chi connectivity index (χ1) is 14.1. The highest BCUT2D eigenvalue weighted by molar-refractivity contribution is 5.98. The molecule has 0 fully saturated rings. The molecule has 0 aliphatic heterocycles. The number of phenolic OH excluding ortho intramolecular Hbond substituents is 1. The minimum Gasteiger partial charge on any atom is -0.508 e. The number of hydrogen-bond donors (Lipinski definition) is 2. The van der Waals surface area contributed by atoms with Gasteiger partial charge in [-0.05, 0) is 58.5 Å². The van der Waals surface area contributed by atoms with Gasteiger partial charge in [0.1, 0.15) is 24.7 Å². The third-order valence-electron chi connectivity index (χ3n) is 4.95. The molecule has 3 aromatic carbocycles. The van der Waals surface area contributed by atoms with Crippen molar-refractivity contribution < 1.29 is 14.7 Å². The van der Waals surface area contributed by atoms with Crippen LogP contribution < -0.4 is 9.64 Å². The first-order valence-corrected chi connectivity index (χ1v) is 10.2. The van der Waals surface area contributed by atoms with Crippen molar-refractivity contribution in [3.8, 4) is 11.5 Å². The summed E-state index contributed by atoms with van der Waals surface area (Å²) in [4.78, 5) is 1.37. The number of likely N-dealkylation sites (N-methyl/N-ethyl adjacent to an activating group) is 1. The molecule has 0 amide bonds. The van der Waals surface area contributed by atoms with Crippen molar-refractivity contribution in [3.63, 3.8) is 0 Å². The topological polar surface area (TPSA) is 33.9 Å². The molecule has 0 spiro atoms. The molecule has 0 atom stereocenters. The van der Waals surface area contributed by atoms with E-state index < -0.39 is 0 Å². The zero-order valence-electron chi connectivity index (χ0n) is 17.5. The van der Waals surface area contributed by atoms with E-state index in [1.54, 1.807) is 12.1 Å². The molecule has 0 heterocycles. The smallest absolute Gasteiger partial charge is 0.137 e. The van der Waals surface area contributed by atoms with Gasteiger partial charge in [-0.15, -0.1) is 0 Å². The normalized spacial score (nSPS) is 12.0. The Morgan fingerprint density at radius 2 is 1.38 bits per heavy atom. The molecule has 0 aliphatic rings. The number of hydrogen-bond acceptors (Lipinski definition) is 2. The summed E-state index contributed by atoms with van der Waals surface area (Å²) in [6.45, 7) is 3.85. The second-order valence-corrected chi connectivity index (χ2v) is 7.45. The molecule has 3 nitrogen and oxygen atoms in total. The molecule has 0 saturated carbocycles. The van der Waals surface area contributed by atoms with Crippen LogP contribution in [0.1, 0.15) is 30.0 Å². The first kappa shape index (κ1) is 20.7. The molecule has 29 heavy (non-hydrogen) atoms. The number of allylic oxidation sites excluding steroid dienone is 1. The van der Waals surface area contributed by atoms with Crippen molar-refractivity contribution in [3.05, 3.63) is 95.6 Å². The predicted octanol–water partition coefficient (Wildman–Crippen LogP) is 4.28. The van der Waals surface area contributed by atoms with E-state index in [1.807, 2.05) is 30.3 Å². The van der Waals surface area contributed by atoms with Crippen molar-refractivity contribution in [2.24, 2.45) is 0 Å². The number of benzene rings is 3. The van der Waals surface area contributed by atoms with Crippen LogP contribution in [0.5, 0.6) is 11.5 Å². The van der Waals surface area contributed by atoms with Crippen LogP contribution >= 0.6 is 0 Å². The Morgan fingerprint density at radius 3 is 1.93 bits per heavy atom. The Labute approximate surface area is 173 Å². The number of nitrogens with one attached hydrogen (secondary N) is 1. The summed E-state index contributed by atoms with van der Waals surface area (Å²) in [5.41, 5.74) is 5.91. The summed E-state index contributed by atoms with van der Waals surface area (Å²) in [5, 5.41) is 9.75. The molecule has 0 aromatic heterocycles. The number of ether oxygens (including phenoxy) is 1. The van der Waals surface area contributed by atoms with Crippen LogP contribution in [0.3, 0.4) is 0 Å². The summed E-state index contributed by atoms with van der Waals surface area (Å²) in [6.07, 6.45) is 0.907. The van der Waals surface area contributed by atoms with Crippen molar-refractivity contribution in [1.82, 2.24) is 0 Å². The van der Waals surface area contributed by atoms with E-state index in [2.05, 4.69) is 57.4 Å². The fraction of sp³-hybridized carbons (Fsp3) is 0.231. The summed E-state index contributed by atoms with van der Waals surface area (Å²) < 4.78 is 5.87. The van der Waals surface area contributed by atoms with Gasteiger partial charge in [-0.1, -0.05) is 61.5 Å². The molecular formula is C26H30NO2+. The Hall–Kier alpha value is -3.04. The van der Waals surface area contributed by atoms with Crippen LogP contribution in [0.4, 0.5) is 0 Å². The van der Waals surface area contributed by atoms with Crippen molar-refractivity contribution in [1.29, 1.82) is 0 Å². The lowest BCUT2D eigenvalue weighted by Gasteiger charge is -2.17.